The maximum atomic E-state index is 13.6. The smallest absolute Gasteiger partial charge is 0.274 e. The monoisotopic (exact) mass is 444 g/mol. The van der Waals surface area contributed by atoms with Crippen molar-refractivity contribution in [1.82, 2.24) is 24.3 Å². The van der Waals surface area contributed by atoms with Gasteiger partial charge in [-0.25, -0.2) is 15.0 Å². The average molecular weight is 445 g/mol. The molecule has 3 aromatic heterocycles. The largest absolute Gasteiger partial charge is 0.356 e. The second-order valence-electron chi connectivity index (χ2n) is 10.1. The number of anilines is 1. The normalized spacial score (nSPS) is 20.8. The second-order valence-corrected chi connectivity index (χ2v) is 10.1. The van der Waals surface area contributed by atoms with E-state index in [-0.39, 0.29) is 11.9 Å². The van der Waals surface area contributed by atoms with Gasteiger partial charge < -0.3 is 14.2 Å². The third kappa shape index (κ3) is 3.87. The van der Waals surface area contributed by atoms with Gasteiger partial charge in [0.1, 0.15) is 17.2 Å². The van der Waals surface area contributed by atoms with Gasteiger partial charge in [-0.05, 0) is 82.4 Å². The Morgan fingerprint density at radius 3 is 2.79 bits per heavy atom. The van der Waals surface area contributed by atoms with Gasteiger partial charge in [0.15, 0.2) is 5.82 Å². The van der Waals surface area contributed by atoms with E-state index in [1.54, 1.807) is 0 Å². The summed E-state index contributed by atoms with van der Waals surface area (Å²) in [6.45, 7) is 7.06. The van der Waals surface area contributed by atoms with Gasteiger partial charge in [-0.15, -0.1) is 0 Å². The lowest BCUT2D eigenvalue weighted by Crippen LogP contribution is -2.40. The summed E-state index contributed by atoms with van der Waals surface area (Å²) in [5.41, 5.74) is 4.82. The van der Waals surface area contributed by atoms with Crippen LogP contribution in [0.1, 0.15) is 77.7 Å². The fourth-order valence-electron chi connectivity index (χ4n) is 5.42. The summed E-state index contributed by atoms with van der Waals surface area (Å²) in [5.74, 6) is 2.73. The van der Waals surface area contributed by atoms with Gasteiger partial charge >= 0.3 is 0 Å². The zero-order valence-corrected chi connectivity index (χ0v) is 19.6. The summed E-state index contributed by atoms with van der Waals surface area (Å²) in [4.78, 5) is 32.8. The minimum atomic E-state index is -0.0912. The lowest BCUT2D eigenvalue weighted by atomic mass is 9.99. The molecule has 2 aliphatic heterocycles. The number of amides is 1. The molecule has 1 atom stereocenters. The third-order valence-electron chi connectivity index (χ3n) is 7.44. The molecule has 1 aliphatic carbocycles. The van der Waals surface area contributed by atoms with E-state index in [0.717, 1.165) is 79.8 Å². The van der Waals surface area contributed by atoms with E-state index >= 15 is 0 Å². The van der Waals surface area contributed by atoms with E-state index < -0.39 is 0 Å². The summed E-state index contributed by atoms with van der Waals surface area (Å²) in [5, 5.41) is 0. The van der Waals surface area contributed by atoms with Crippen LogP contribution in [0.4, 0.5) is 5.82 Å². The Morgan fingerprint density at radius 1 is 1.06 bits per heavy atom. The number of rotatable bonds is 4. The molecule has 1 saturated heterocycles. The molecule has 6 rings (SSSR count). The summed E-state index contributed by atoms with van der Waals surface area (Å²) in [6.07, 6.45) is 11.7. The number of nitrogens with zero attached hydrogens (tertiary/aromatic N) is 6. The van der Waals surface area contributed by atoms with E-state index in [0.29, 0.717) is 5.69 Å². The van der Waals surface area contributed by atoms with Crippen molar-refractivity contribution >= 4 is 17.4 Å². The SMILES string of the molecule is Cc1ccn2cc(C(=O)N3CCCC[C@H]3c3nc(C)c4c(n3)N(CC3CC3)CCC4)nc2c1. The molecule has 3 aromatic rings. The Kier molecular flexibility index (Phi) is 5.07. The van der Waals surface area contributed by atoms with Gasteiger partial charge in [0.2, 0.25) is 0 Å². The number of aromatic nitrogens is 4. The number of hydrogen-bond acceptors (Lipinski definition) is 5. The van der Waals surface area contributed by atoms with Crippen LogP contribution in [-0.4, -0.2) is 49.8 Å². The molecule has 0 bridgehead atoms. The topological polar surface area (TPSA) is 66.6 Å². The van der Waals surface area contributed by atoms with Crippen LogP contribution < -0.4 is 4.90 Å². The highest BCUT2D eigenvalue weighted by Gasteiger charge is 2.34. The number of aryl methyl sites for hydroxylation is 2. The molecule has 5 heterocycles. The molecule has 0 N–H and O–H groups in total. The Morgan fingerprint density at radius 2 is 1.94 bits per heavy atom. The van der Waals surface area contributed by atoms with E-state index in [9.17, 15) is 4.79 Å². The lowest BCUT2D eigenvalue weighted by Gasteiger charge is -2.36. The Bertz CT molecular complexity index is 1210. The van der Waals surface area contributed by atoms with E-state index in [1.165, 1.54) is 24.8 Å². The second kappa shape index (κ2) is 8.12. The summed E-state index contributed by atoms with van der Waals surface area (Å²) in [6, 6.07) is 3.95. The van der Waals surface area contributed by atoms with Crippen LogP contribution in [0.3, 0.4) is 0 Å². The van der Waals surface area contributed by atoms with Crippen LogP contribution in [0.25, 0.3) is 5.65 Å². The quantitative estimate of drug-likeness (QED) is 0.601. The minimum Gasteiger partial charge on any atom is -0.356 e. The van der Waals surface area contributed by atoms with Crippen LogP contribution in [0.5, 0.6) is 0 Å². The molecule has 1 saturated carbocycles. The molecule has 2 fully saturated rings. The molecule has 7 nitrogen and oxygen atoms in total. The summed E-state index contributed by atoms with van der Waals surface area (Å²) in [7, 11) is 0. The molecular formula is C26H32N6O. The van der Waals surface area contributed by atoms with Gasteiger partial charge in [0.05, 0.1) is 6.04 Å². The van der Waals surface area contributed by atoms with E-state index in [4.69, 9.17) is 9.97 Å². The zero-order valence-electron chi connectivity index (χ0n) is 19.6. The lowest BCUT2D eigenvalue weighted by molar-refractivity contribution is 0.0594. The average Bonchev–Trinajstić information content (AvgIpc) is 3.54. The molecule has 1 amide bonds. The summed E-state index contributed by atoms with van der Waals surface area (Å²) >= 11 is 0. The fourth-order valence-corrected chi connectivity index (χ4v) is 5.42. The molecular weight excluding hydrogens is 412 g/mol. The van der Waals surface area contributed by atoms with Gasteiger partial charge in [-0.3, -0.25) is 4.79 Å². The van der Waals surface area contributed by atoms with Crippen LogP contribution in [-0.2, 0) is 6.42 Å². The molecule has 0 radical (unpaired) electrons. The van der Waals surface area contributed by atoms with Gasteiger partial charge in [-0.1, -0.05) is 0 Å². The third-order valence-corrected chi connectivity index (χ3v) is 7.44. The van der Waals surface area contributed by atoms with Crippen LogP contribution in [0.15, 0.2) is 24.5 Å². The number of fused-ring (bicyclic) bond motifs is 2. The molecule has 7 heteroatoms. The van der Waals surface area contributed by atoms with Crippen LogP contribution in [0, 0.1) is 19.8 Å². The highest BCUT2D eigenvalue weighted by Crippen LogP contribution is 2.37. The number of likely N-dealkylation sites (tertiary alicyclic amines) is 1. The first-order chi connectivity index (χ1) is 16.1. The predicted molar refractivity (Wildman–Crippen MR) is 128 cm³/mol. The van der Waals surface area contributed by atoms with Crippen molar-refractivity contribution in [2.75, 3.05) is 24.5 Å². The Balaban J connectivity index is 1.34. The number of hydrogen-bond donors (Lipinski definition) is 0. The van der Waals surface area contributed by atoms with Crippen molar-refractivity contribution in [3.05, 3.63) is 52.9 Å². The highest BCUT2D eigenvalue weighted by molar-refractivity contribution is 5.93. The maximum absolute atomic E-state index is 13.6. The number of carbonyl (C=O) groups is 1. The molecule has 33 heavy (non-hydrogen) atoms. The fraction of sp³-hybridized carbons (Fsp3) is 0.538. The molecule has 0 spiro atoms. The van der Waals surface area contributed by atoms with Crippen LogP contribution >= 0.6 is 0 Å². The van der Waals surface area contributed by atoms with Gasteiger partial charge in [0, 0.05) is 43.3 Å². The number of piperidine rings is 1. The van der Waals surface area contributed by atoms with Crippen LogP contribution in [0.2, 0.25) is 0 Å². The number of pyridine rings is 1. The molecule has 0 aromatic carbocycles. The van der Waals surface area contributed by atoms with Crippen molar-refractivity contribution in [1.29, 1.82) is 0 Å². The van der Waals surface area contributed by atoms with Crippen molar-refractivity contribution in [3.8, 4) is 0 Å². The first-order valence-electron chi connectivity index (χ1n) is 12.5. The molecule has 0 unspecified atom stereocenters. The van der Waals surface area contributed by atoms with E-state index in [1.807, 2.05) is 40.8 Å². The molecule has 172 valence electrons. The van der Waals surface area contributed by atoms with Crippen molar-refractivity contribution in [2.24, 2.45) is 5.92 Å². The first kappa shape index (κ1) is 20.6. The standard InChI is InChI=1S/C26H32N6O/c1-17-10-13-30-16-21(28-23(30)14-17)26(33)32-12-4-3-7-22(32)24-27-18(2)20-6-5-11-31(25(20)29-24)15-19-8-9-19/h10,13-14,16,19,22H,3-9,11-12,15H2,1-2H3/t22-/m0/s1. The van der Waals surface area contributed by atoms with E-state index in [2.05, 4.69) is 16.8 Å². The minimum absolute atomic E-state index is 0.0186. The molecule has 3 aliphatic rings. The predicted octanol–water partition coefficient (Wildman–Crippen LogP) is 4.27. The van der Waals surface area contributed by atoms with Gasteiger partial charge in [-0.2, -0.15) is 0 Å². The Labute approximate surface area is 194 Å². The summed E-state index contributed by atoms with van der Waals surface area (Å²) < 4.78 is 1.93. The maximum Gasteiger partial charge on any atom is 0.274 e. The number of carbonyl (C=O) groups excluding carboxylic acids is 1. The van der Waals surface area contributed by atoms with Crippen molar-refractivity contribution < 1.29 is 4.79 Å². The Hall–Kier alpha value is -2.96. The number of imidazole rings is 1. The van der Waals surface area contributed by atoms with Crippen molar-refractivity contribution in [2.45, 2.75) is 64.8 Å². The first-order valence-corrected chi connectivity index (χ1v) is 12.5. The zero-order chi connectivity index (χ0) is 22.5. The van der Waals surface area contributed by atoms with Crippen molar-refractivity contribution in [3.63, 3.8) is 0 Å². The van der Waals surface area contributed by atoms with Gasteiger partial charge in [0.25, 0.3) is 5.91 Å². The highest BCUT2D eigenvalue weighted by atomic mass is 16.2.